The maximum atomic E-state index is 12.6. The number of hydrogen-bond donors (Lipinski definition) is 1. The second-order valence-electron chi connectivity index (χ2n) is 4.64. The molecule has 1 rings (SSSR count). The fourth-order valence-electron chi connectivity index (χ4n) is 1.93. The summed E-state index contributed by atoms with van der Waals surface area (Å²) in [5.41, 5.74) is 1.38. The highest BCUT2D eigenvalue weighted by Gasteiger charge is 2.24. The molecule has 0 heterocycles. The summed E-state index contributed by atoms with van der Waals surface area (Å²) < 4.78 is 32.2. The first-order chi connectivity index (χ1) is 9.66. The van der Waals surface area contributed by atoms with Crippen molar-refractivity contribution in [2.75, 3.05) is 26.8 Å². The number of carboxylic acid groups (broad SMARTS) is 1. The number of ether oxygens (including phenoxy) is 1. The summed E-state index contributed by atoms with van der Waals surface area (Å²) in [7, 11) is -2.16. The molecule has 0 bridgehead atoms. The van der Waals surface area contributed by atoms with Crippen molar-refractivity contribution in [3.63, 3.8) is 0 Å². The molecule has 0 fully saturated rings. The predicted molar refractivity (Wildman–Crippen MR) is 86.9 cm³/mol. The van der Waals surface area contributed by atoms with Crippen LogP contribution in [0.1, 0.15) is 11.1 Å². The van der Waals surface area contributed by atoms with E-state index >= 15 is 0 Å². The van der Waals surface area contributed by atoms with Crippen LogP contribution in [0.25, 0.3) is 0 Å². The number of halogens is 1. The van der Waals surface area contributed by atoms with Gasteiger partial charge in [0.15, 0.2) is 0 Å². The fraction of sp³-hybridized carbons (Fsp3) is 0.462. The Bertz CT molecular complexity index is 606. The molecule has 0 aromatic heterocycles. The van der Waals surface area contributed by atoms with Crippen LogP contribution in [-0.4, -0.2) is 50.6 Å². The van der Waals surface area contributed by atoms with Crippen LogP contribution in [-0.2, 0) is 19.6 Å². The Labute approximate surface area is 138 Å². The van der Waals surface area contributed by atoms with Crippen molar-refractivity contribution in [2.45, 2.75) is 18.7 Å². The summed E-state index contributed by atoms with van der Waals surface area (Å²) in [6.07, 6.45) is 0. The molecule has 0 amide bonds. The van der Waals surface area contributed by atoms with Gasteiger partial charge in [-0.25, -0.2) is 13.2 Å². The first kappa shape index (κ1) is 18.3. The van der Waals surface area contributed by atoms with E-state index in [1.807, 2.05) is 12.1 Å². The molecule has 0 aliphatic carbocycles. The first-order valence-corrected chi connectivity index (χ1v) is 8.70. The topological polar surface area (TPSA) is 83.9 Å². The molecule has 0 aliphatic rings. The minimum atomic E-state index is -3.62. The number of aliphatic carboxylic acids is 1. The van der Waals surface area contributed by atoms with Crippen molar-refractivity contribution in [3.05, 3.63) is 26.8 Å². The van der Waals surface area contributed by atoms with Gasteiger partial charge in [0.25, 0.3) is 0 Å². The number of carboxylic acids is 1. The van der Waals surface area contributed by atoms with Crippen LogP contribution in [0.15, 0.2) is 17.0 Å². The molecule has 1 aromatic rings. The number of aryl methyl sites for hydroxylation is 2. The van der Waals surface area contributed by atoms with E-state index in [1.165, 1.54) is 11.4 Å². The molecule has 1 aromatic carbocycles. The van der Waals surface area contributed by atoms with Crippen LogP contribution in [0.4, 0.5) is 0 Å². The summed E-state index contributed by atoms with van der Waals surface area (Å²) in [5.74, 6) is -1.08. The minimum absolute atomic E-state index is 0.0322. The van der Waals surface area contributed by atoms with Gasteiger partial charge in [-0.05, 0) is 59.7 Å². The Morgan fingerprint density at radius 1 is 1.33 bits per heavy atom. The Balaban J connectivity index is 2.88. The molecule has 0 radical (unpaired) electrons. The average molecular weight is 427 g/mol. The summed E-state index contributed by atoms with van der Waals surface area (Å²) in [6, 6.07) is 3.63. The second kappa shape index (κ2) is 7.52. The third-order valence-corrected chi connectivity index (χ3v) is 5.66. The lowest BCUT2D eigenvalue weighted by atomic mass is 10.2. The summed E-state index contributed by atoms with van der Waals surface area (Å²) in [4.78, 5) is 10.6. The van der Waals surface area contributed by atoms with E-state index in [0.29, 0.717) is 16.0 Å². The fourth-order valence-corrected chi connectivity index (χ4v) is 4.43. The number of rotatable bonds is 7. The Morgan fingerprint density at radius 3 is 2.33 bits per heavy atom. The van der Waals surface area contributed by atoms with Gasteiger partial charge >= 0.3 is 5.97 Å². The predicted octanol–water partition coefficient (Wildman–Crippen LogP) is 1.63. The maximum absolute atomic E-state index is 12.6. The van der Waals surface area contributed by atoms with Gasteiger partial charge in [-0.1, -0.05) is 0 Å². The molecule has 0 saturated heterocycles. The van der Waals surface area contributed by atoms with Gasteiger partial charge < -0.3 is 9.84 Å². The van der Waals surface area contributed by atoms with Crippen LogP contribution in [0.3, 0.4) is 0 Å². The SMILES string of the molecule is Cc1cc(I)cc(C)c1S(=O)(=O)N(C)CCOCC(=O)O. The van der Waals surface area contributed by atoms with Crippen LogP contribution in [0.2, 0.25) is 0 Å². The number of hydrogen-bond acceptors (Lipinski definition) is 4. The zero-order valence-corrected chi connectivity index (χ0v) is 15.1. The molecular weight excluding hydrogens is 409 g/mol. The van der Waals surface area contributed by atoms with E-state index in [1.54, 1.807) is 13.8 Å². The van der Waals surface area contributed by atoms with Crippen molar-refractivity contribution in [3.8, 4) is 0 Å². The number of sulfonamides is 1. The lowest BCUT2D eigenvalue weighted by molar-refractivity contribution is -0.142. The van der Waals surface area contributed by atoms with Gasteiger partial charge in [0, 0.05) is 17.2 Å². The summed E-state index contributed by atoms with van der Waals surface area (Å²) in [5, 5.41) is 8.46. The lowest BCUT2D eigenvalue weighted by Crippen LogP contribution is -2.31. The highest BCUT2D eigenvalue weighted by Crippen LogP contribution is 2.25. The number of likely N-dealkylation sites (N-methyl/N-ethyl adjacent to an activating group) is 1. The third-order valence-electron chi connectivity index (χ3n) is 2.87. The van der Waals surface area contributed by atoms with E-state index in [-0.39, 0.29) is 13.2 Å². The van der Waals surface area contributed by atoms with E-state index in [0.717, 1.165) is 3.57 Å². The lowest BCUT2D eigenvalue weighted by Gasteiger charge is -2.20. The molecule has 0 unspecified atom stereocenters. The normalized spacial score (nSPS) is 11.9. The summed E-state index contributed by atoms with van der Waals surface area (Å²) >= 11 is 2.14. The number of benzene rings is 1. The Hall–Kier alpha value is -0.710. The van der Waals surface area contributed by atoms with Crippen molar-refractivity contribution < 1.29 is 23.1 Å². The zero-order valence-electron chi connectivity index (χ0n) is 12.1. The van der Waals surface area contributed by atoms with Crippen LogP contribution >= 0.6 is 22.6 Å². The summed E-state index contributed by atoms with van der Waals surface area (Å²) in [6.45, 7) is 3.22. The number of nitrogens with zero attached hydrogens (tertiary/aromatic N) is 1. The molecule has 118 valence electrons. The zero-order chi connectivity index (χ0) is 16.2. The Kier molecular flexibility index (Phi) is 6.57. The average Bonchev–Trinajstić information content (AvgIpc) is 2.32. The van der Waals surface area contributed by atoms with Gasteiger partial charge in [-0.15, -0.1) is 0 Å². The quantitative estimate of drug-likeness (QED) is 0.529. The third kappa shape index (κ3) is 4.90. The molecule has 0 aliphatic heterocycles. The van der Waals surface area contributed by atoms with Gasteiger partial charge in [-0.3, -0.25) is 0 Å². The van der Waals surface area contributed by atoms with E-state index in [9.17, 15) is 13.2 Å². The first-order valence-electron chi connectivity index (χ1n) is 6.19. The monoisotopic (exact) mass is 427 g/mol. The van der Waals surface area contributed by atoms with Crippen LogP contribution < -0.4 is 0 Å². The molecule has 8 heteroatoms. The minimum Gasteiger partial charge on any atom is -0.480 e. The second-order valence-corrected chi connectivity index (χ2v) is 7.87. The van der Waals surface area contributed by atoms with Gasteiger partial charge in [-0.2, -0.15) is 4.31 Å². The molecule has 0 atom stereocenters. The van der Waals surface area contributed by atoms with Gasteiger partial charge in [0.2, 0.25) is 10.0 Å². The van der Waals surface area contributed by atoms with Gasteiger partial charge in [0.1, 0.15) is 6.61 Å². The van der Waals surface area contributed by atoms with Crippen LogP contribution in [0, 0.1) is 17.4 Å². The van der Waals surface area contributed by atoms with Gasteiger partial charge in [0.05, 0.1) is 11.5 Å². The number of carbonyl (C=O) groups is 1. The standard InChI is InChI=1S/C13H18INO5S/c1-9-6-11(14)7-10(2)13(9)21(18,19)15(3)4-5-20-8-12(16)17/h6-7H,4-5,8H2,1-3H3,(H,16,17). The molecule has 0 saturated carbocycles. The van der Waals surface area contributed by atoms with E-state index in [2.05, 4.69) is 22.6 Å². The molecule has 1 N–H and O–H groups in total. The largest absolute Gasteiger partial charge is 0.480 e. The highest BCUT2D eigenvalue weighted by atomic mass is 127. The maximum Gasteiger partial charge on any atom is 0.329 e. The molecule has 6 nitrogen and oxygen atoms in total. The van der Waals surface area contributed by atoms with Crippen molar-refractivity contribution in [2.24, 2.45) is 0 Å². The smallest absolute Gasteiger partial charge is 0.329 e. The molecular formula is C13H18INO5S. The van der Waals surface area contributed by atoms with E-state index < -0.39 is 22.6 Å². The Morgan fingerprint density at radius 2 is 1.86 bits per heavy atom. The highest BCUT2D eigenvalue weighted by molar-refractivity contribution is 14.1. The molecule has 21 heavy (non-hydrogen) atoms. The van der Waals surface area contributed by atoms with Crippen molar-refractivity contribution in [1.82, 2.24) is 4.31 Å². The molecule has 0 spiro atoms. The van der Waals surface area contributed by atoms with E-state index in [4.69, 9.17) is 9.84 Å². The van der Waals surface area contributed by atoms with Crippen LogP contribution in [0.5, 0.6) is 0 Å². The van der Waals surface area contributed by atoms with Crippen molar-refractivity contribution in [1.29, 1.82) is 0 Å². The van der Waals surface area contributed by atoms with Crippen molar-refractivity contribution >= 4 is 38.6 Å².